The van der Waals surface area contributed by atoms with Crippen LogP contribution in [0, 0.1) is 0 Å². The lowest BCUT2D eigenvalue weighted by molar-refractivity contribution is -0.0155. The number of likely N-dealkylation sites (tertiary alicyclic amines) is 1. The van der Waals surface area contributed by atoms with Gasteiger partial charge in [0, 0.05) is 18.6 Å². The lowest BCUT2D eigenvalue weighted by atomic mass is 9.84. The third-order valence-corrected chi connectivity index (χ3v) is 4.30. The molecule has 0 saturated carbocycles. The zero-order valence-corrected chi connectivity index (χ0v) is 14.2. The number of carbonyl (C=O) groups excluding carboxylic acids is 1. The van der Waals surface area contributed by atoms with E-state index in [0.29, 0.717) is 0 Å². The number of ether oxygens (including phenoxy) is 1. The largest absolute Gasteiger partial charge is 0.444 e. The number of hydrogen-bond acceptors (Lipinski definition) is 3. The summed E-state index contributed by atoms with van der Waals surface area (Å²) in [4.78, 5) is 16.7. The number of nitrogens with zero attached hydrogens (tertiary/aromatic N) is 2. The fraction of sp³-hybridized carbons (Fsp3) is 0.938. The second-order valence-electron chi connectivity index (χ2n) is 6.76. The van der Waals surface area contributed by atoms with Crippen molar-refractivity contribution in [3.05, 3.63) is 0 Å². The first-order valence-electron chi connectivity index (χ1n) is 8.01. The Morgan fingerprint density at radius 1 is 1.25 bits per heavy atom. The normalized spacial score (nSPS) is 24.1. The molecule has 1 atom stereocenters. The highest BCUT2D eigenvalue weighted by Gasteiger charge is 2.40. The van der Waals surface area contributed by atoms with Gasteiger partial charge < -0.3 is 9.64 Å². The number of piperidine rings is 1. The van der Waals surface area contributed by atoms with Crippen LogP contribution in [-0.4, -0.2) is 53.2 Å². The SMILES string of the molecule is CCN(CC)C1(CC)CCCN(C(=O)OC(C)(C)C)C1. The minimum atomic E-state index is -0.418. The smallest absolute Gasteiger partial charge is 0.410 e. The van der Waals surface area contributed by atoms with Crippen molar-refractivity contribution in [3.8, 4) is 0 Å². The molecule has 1 aliphatic heterocycles. The molecule has 1 amide bonds. The molecule has 20 heavy (non-hydrogen) atoms. The highest BCUT2D eigenvalue weighted by molar-refractivity contribution is 5.68. The van der Waals surface area contributed by atoms with Gasteiger partial charge in [-0.25, -0.2) is 4.79 Å². The van der Waals surface area contributed by atoms with Crippen LogP contribution in [0.25, 0.3) is 0 Å². The Hall–Kier alpha value is -0.770. The summed E-state index contributed by atoms with van der Waals surface area (Å²) in [6, 6.07) is 0. The Labute approximate surface area is 124 Å². The predicted molar refractivity (Wildman–Crippen MR) is 83.0 cm³/mol. The predicted octanol–water partition coefficient (Wildman–Crippen LogP) is 3.51. The van der Waals surface area contributed by atoms with Crippen LogP contribution < -0.4 is 0 Å². The second-order valence-corrected chi connectivity index (χ2v) is 6.76. The van der Waals surface area contributed by atoms with Crippen molar-refractivity contribution in [2.45, 2.75) is 71.9 Å². The van der Waals surface area contributed by atoms with Gasteiger partial charge in [0.15, 0.2) is 0 Å². The highest BCUT2D eigenvalue weighted by atomic mass is 16.6. The van der Waals surface area contributed by atoms with E-state index >= 15 is 0 Å². The van der Waals surface area contributed by atoms with Crippen LogP contribution in [0.4, 0.5) is 4.79 Å². The summed E-state index contributed by atoms with van der Waals surface area (Å²) in [5.74, 6) is 0. The summed E-state index contributed by atoms with van der Waals surface area (Å²) in [6.45, 7) is 16.1. The fourth-order valence-electron chi connectivity index (χ4n) is 3.26. The van der Waals surface area contributed by atoms with Crippen molar-refractivity contribution < 1.29 is 9.53 Å². The molecule has 1 fully saturated rings. The quantitative estimate of drug-likeness (QED) is 0.792. The Bertz CT molecular complexity index is 321. The molecule has 0 bridgehead atoms. The maximum absolute atomic E-state index is 12.3. The molecule has 1 saturated heterocycles. The van der Waals surface area contributed by atoms with E-state index in [1.165, 1.54) is 6.42 Å². The van der Waals surface area contributed by atoms with Crippen molar-refractivity contribution in [1.82, 2.24) is 9.80 Å². The van der Waals surface area contributed by atoms with Gasteiger partial charge in [0.1, 0.15) is 5.60 Å². The molecule has 0 N–H and O–H groups in total. The molecule has 1 unspecified atom stereocenters. The first-order chi connectivity index (χ1) is 9.28. The molecule has 1 aliphatic rings. The van der Waals surface area contributed by atoms with E-state index in [-0.39, 0.29) is 11.6 Å². The molecule has 0 aromatic carbocycles. The molecule has 0 spiro atoms. The summed E-state index contributed by atoms with van der Waals surface area (Å²) in [6.07, 6.45) is 3.14. The van der Waals surface area contributed by atoms with E-state index in [0.717, 1.165) is 39.0 Å². The maximum Gasteiger partial charge on any atom is 0.410 e. The third-order valence-electron chi connectivity index (χ3n) is 4.30. The van der Waals surface area contributed by atoms with Crippen LogP contribution >= 0.6 is 0 Å². The minimum absolute atomic E-state index is 0.124. The van der Waals surface area contributed by atoms with Crippen molar-refractivity contribution >= 4 is 6.09 Å². The average molecular weight is 284 g/mol. The topological polar surface area (TPSA) is 32.8 Å². The first kappa shape index (κ1) is 17.3. The van der Waals surface area contributed by atoms with Crippen LogP contribution in [0.3, 0.4) is 0 Å². The van der Waals surface area contributed by atoms with E-state index in [2.05, 4.69) is 25.7 Å². The van der Waals surface area contributed by atoms with E-state index < -0.39 is 5.60 Å². The molecule has 0 aromatic heterocycles. The maximum atomic E-state index is 12.3. The van der Waals surface area contributed by atoms with Gasteiger partial charge in [0.2, 0.25) is 0 Å². The molecule has 118 valence electrons. The number of amides is 1. The van der Waals surface area contributed by atoms with Crippen molar-refractivity contribution in [1.29, 1.82) is 0 Å². The Morgan fingerprint density at radius 2 is 1.85 bits per heavy atom. The van der Waals surface area contributed by atoms with Gasteiger partial charge in [-0.1, -0.05) is 20.8 Å². The number of hydrogen-bond donors (Lipinski definition) is 0. The first-order valence-corrected chi connectivity index (χ1v) is 8.01. The molecule has 4 heteroatoms. The Morgan fingerprint density at radius 3 is 2.30 bits per heavy atom. The lowest BCUT2D eigenvalue weighted by Gasteiger charge is -2.49. The third kappa shape index (κ3) is 4.11. The zero-order chi connectivity index (χ0) is 15.4. The molecule has 0 aromatic rings. The Kier molecular flexibility index (Phi) is 5.87. The van der Waals surface area contributed by atoms with Gasteiger partial charge in [0.25, 0.3) is 0 Å². The van der Waals surface area contributed by atoms with Crippen LogP contribution in [0.2, 0.25) is 0 Å². The van der Waals surface area contributed by atoms with Crippen molar-refractivity contribution in [2.24, 2.45) is 0 Å². The van der Waals surface area contributed by atoms with Crippen LogP contribution in [0.1, 0.15) is 60.8 Å². The summed E-state index contributed by atoms with van der Waals surface area (Å²) in [7, 11) is 0. The second kappa shape index (κ2) is 6.79. The zero-order valence-electron chi connectivity index (χ0n) is 14.2. The number of carbonyl (C=O) groups is 1. The van der Waals surface area contributed by atoms with Gasteiger partial charge in [0.05, 0.1) is 0 Å². The molecular weight excluding hydrogens is 252 g/mol. The average Bonchev–Trinajstić information content (AvgIpc) is 2.38. The summed E-state index contributed by atoms with van der Waals surface area (Å²) < 4.78 is 5.53. The highest BCUT2D eigenvalue weighted by Crippen LogP contribution is 2.31. The Balaban J connectivity index is 2.80. The molecule has 0 radical (unpaired) electrons. The fourth-order valence-corrected chi connectivity index (χ4v) is 3.26. The molecule has 1 rings (SSSR count). The molecule has 0 aliphatic carbocycles. The molecule has 4 nitrogen and oxygen atoms in total. The van der Waals surface area contributed by atoms with E-state index in [9.17, 15) is 4.79 Å². The van der Waals surface area contributed by atoms with Crippen molar-refractivity contribution in [3.63, 3.8) is 0 Å². The lowest BCUT2D eigenvalue weighted by Crippen LogP contribution is -2.59. The van der Waals surface area contributed by atoms with Crippen LogP contribution in [-0.2, 0) is 4.74 Å². The van der Waals surface area contributed by atoms with Gasteiger partial charge in [-0.05, 0) is 53.1 Å². The van der Waals surface area contributed by atoms with Crippen molar-refractivity contribution in [2.75, 3.05) is 26.2 Å². The van der Waals surface area contributed by atoms with E-state index in [4.69, 9.17) is 4.74 Å². The van der Waals surface area contributed by atoms with Gasteiger partial charge >= 0.3 is 6.09 Å². The number of likely N-dealkylation sites (N-methyl/N-ethyl adjacent to an activating group) is 1. The van der Waals surface area contributed by atoms with E-state index in [1.807, 2.05) is 25.7 Å². The standard InChI is InChI=1S/C16H32N2O2/c1-7-16(18(8-2)9-3)11-10-12-17(13-16)14(19)20-15(4,5)6/h7-13H2,1-6H3. The van der Waals surface area contributed by atoms with Gasteiger partial charge in [-0.2, -0.15) is 0 Å². The molecular formula is C16H32N2O2. The monoisotopic (exact) mass is 284 g/mol. The van der Waals surface area contributed by atoms with Gasteiger partial charge in [-0.3, -0.25) is 4.90 Å². The van der Waals surface area contributed by atoms with E-state index in [1.54, 1.807) is 0 Å². The van der Waals surface area contributed by atoms with Crippen LogP contribution in [0.15, 0.2) is 0 Å². The minimum Gasteiger partial charge on any atom is -0.444 e. The summed E-state index contributed by atoms with van der Waals surface area (Å²) in [5, 5.41) is 0. The van der Waals surface area contributed by atoms with Gasteiger partial charge in [-0.15, -0.1) is 0 Å². The summed E-state index contributed by atoms with van der Waals surface area (Å²) in [5.41, 5.74) is -0.294. The number of rotatable bonds is 4. The van der Waals surface area contributed by atoms with Crippen LogP contribution in [0.5, 0.6) is 0 Å². The summed E-state index contributed by atoms with van der Waals surface area (Å²) >= 11 is 0. The molecule has 1 heterocycles.